The van der Waals surface area contributed by atoms with E-state index >= 15 is 0 Å². The van der Waals surface area contributed by atoms with Crippen molar-refractivity contribution in [1.29, 1.82) is 0 Å². The van der Waals surface area contributed by atoms with Crippen LogP contribution >= 0.6 is 0 Å². The fourth-order valence-electron chi connectivity index (χ4n) is 3.06. The quantitative estimate of drug-likeness (QED) is 0.627. The van der Waals surface area contributed by atoms with Gasteiger partial charge in [0.2, 0.25) is 0 Å². The zero-order valence-corrected chi connectivity index (χ0v) is 14.3. The van der Waals surface area contributed by atoms with Gasteiger partial charge in [0.25, 0.3) is 5.91 Å². The number of aromatic amines is 1. The number of H-pyrrole nitrogens is 1. The van der Waals surface area contributed by atoms with E-state index in [9.17, 15) is 14.4 Å². The molecule has 1 fully saturated rings. The predicted molar refractivity (Wildman–Crippen MR) is 93.2 cm³/mol. The third kappa shape index (κ3) is 3.07. The molecule has 6 nitrogen and oxygen atoms in total. The summed E-state index contributed by atoms with van der Waals surface area (Å²) in [6, 6.07) is 10.4. The molecule has 2 heterocycles. The van der Waals surface area contributed by atoms with E-state index in [0.29, 0.717) is 11.3 Å². The third-order valence-electron chi connectivity index (χ3n) is 4.55. The first-order chi connectivity index (χ1) is 12.0. The second-order valence-electron chi connectivity index (χ2n) is 6.40. The number of amides is 3. The summed E-state index contributed by atoms with van der Waals surface area (Å²) >= 11 is 0. The van der Waals surface area contributed by atoms with Gasteiger partial charge in [0.05, 0.1) is 12.2 Å². The molecule has 1 atom stereocenters. The van der Waals surface area contributed by atoms with Crippen molar-refractivity contribution in [3.8, 4) is 0 Å². The normalized spacial score (nSPS) is 20.0. The lowest BCUT2D eigenvalue weighted by atomic mass is 9.91. The number of imide groups is 1. The zero-order valence-electron chi connectivity index (χ0n) is 14.3. The molecule has 0 radical (unpaired) electrons. The van der Waals surface area contributed by atoms with Crippen LogP contribution in [0.15, 0.2) is 42.6 Å². The van der Waals surface area contributed by atoms with Gasteiger partial charge in [-0.2, -0.15) is 0 Å². The topological polar surface area (TPSA) is 82.3 Å². The van der Waals surface area contributed by atoms with Crippen molar-refractivity contribution in [2.75, 3.05) is 6.54 Å². The van der Waals surface area contributed by atoms with E-state index in [1.807, 2.05) is 24.3 Å². The highest BCUT2D eigenvalue weighted by Crippen LogP contribution is 2.29. The first-order valence-electron chi connectivity index (χ1n) is 8.36. The number of hydrogen-bond donors (Lipinski definition) is 2. The number of benzene rings is 1. The summed E-state index contributed by atoms with van der Waals surface area (Å²) in [6.07, 6.45) is 3.63. The van der Waals surface area contributed by atoms with Crippen LogP contribution in [0.4, 0.5) is 4.79 Å². The molecule has 1 aromatic carbocycles. The average molecular weight is 339 g/mol. The molecule has 2 N–H and O–H groups in total. The van der Waals surface area contributed by atoms with Crippen LogP contribution in [-0.2, 0) is 16.8 Å². The van der Waals surface area contributed by atoms with Crippen LogP contribution in [0.2, 0.25) is 0 Å². The van der Waals surface area contributed by atoms with Gasteiger partial charge in [-0.1, -0.05) is 37.6 Å². The molecule has 130 valence electrons. The lowest BCUT2D eigenvalue weighted by Gasteiger charge is -2.22. The number of ketones is 1. The van der Waals surface area contributed by atoms with Crippen molar-refractivity contribution in [2.45, 2.75) is 32.2 Å². The molecule has 1 aliphatic heterocycles. The minimum absolute atomic E-state index is 0.283. The second kappa shape index (κ2) is 6.55. The van der Waals surface area contributed by atoms with Gasteiger partial charge in [0, 0.05) is 6.20 Å². The molecule has 0 aliphatic carbocycles. The number of nitrogens with one attached hydrogen (secondary N) is 2. The summed E-state index contributed by atoms with van der Waals surface area (Å²) in [7, 11) is 0. The smallest absolute Gasteiger partial charge is 0.325 e. The Morgan fingerprint density at radius 1 is 1.16 bits per heavy atom. The molecule has 6 heteroatoms. The van der Waals surface area contributed by atoms with Gasteiger partial charge in [-0.05, 0) is 36.6 Å². The van der Waals surface area contributed by atoms with Crippen LogP contribution in [0.25, 0.3) is 0 Å². The summed E-state index contributed by atoms with van der Waals surface area (Å²) in [5.41, 5.74) is 1.11. The van der Waals surface area contributed by atoms with E-state index in [-0.39, 0.29) is 12.3 Å². The number of carbonyl (C=O) groups excluding carboxylic acids is 3. The number of urea groups is 1. The van der Waals surface area contributed by atoms with Crippen LogP contribution in [0.5, 0.6) is 0 Å². The van der Waals surface area contributed by atoms with Crippen molar-refractivity contribution < 1.29 is 14.4 Å². The Morgan fingerprint density at radius 2 is 1.88 bits per heavy atom. The van der Waals surface area contributed by atoms with Crippen molar-refractivity contribution in [3.05, 3.63) is 59.4 Å². The van der Waals surface area contributed by atoms with Gasteiger partial charge in [0.1, 0.15) is 5.54 Å². The summed E-state index contributed by atoms with van der Waals surface area (Å²) in [4.78, 5) is 41.1. The molecule has 1 aliphatic rings. The molecule has 1 aromatic heterocycles. The molecule has 1 unspecified atom stereocenters. The van der Waals surface area contributed by atoms with Crippen LogP contribution in [0.1, 0.15) is 41.9 Å². The predicted octanol–water partition coefficient (Wildman–Crippen LogP) is 2.62. The van der Waals surface area contributed by atoms with E-state index in [1.165, 1.54) is 5.56 Å². The summed E-state index contributed by atoms with van der Waals surface area (Å²) in [6.45, 7) is 3.49. The van der Waals surface area contributed by atoms with Gasteiger partial charge in [-0.25, -0.2) is 4.79 Å². The standard InChI is InChI=1S/C19H21N3O3/c1-3-5-13-7-9-14(10-8-13)19(2)17(24)22(18(25)21-19)12-16(23)15-6-4-11-20-15/h4,6-11,20H,3,5,12H2,1-2H3,(H,21,25). The lowest BCUT2D eigenvalue weighted by Crippen LogP contribution is -2.41. The third-order valence-corrected chi connectivity index (χ3v) is 4.55. The Labute approximate surface area is 146 Å². The Hall–Kier alpha value is -2.89. The number of aromatic nitrogens is 1. The highest BCUT2D eigenvalue weighted by Gasteiger charge is 2.49. The molecule has 2 aromatic rings. The Bertz CT molecular complexity index is 796. The molecule has 0 spiro atoms. The van der Waals surface area contributed by atoms with Crippen LogP contribution < -0.4 is 5.32 Å². The van der Waals surface area contributed by atoms with Crippen LogP contribution in [-0.4, -0.2) is 34.2 Å². The molecule has 0 saturated carbocycles. The molecule has 1 saturated heterocycles. The lowest BCUT2D eigenvalue weighted by molar-refractivity contribution is -0.130. The fraction of sp³-hybridized carbons (Fsp3) is 0.316. The van der Waals surface area contributed by atoms with E-state index in [2.05, 4.69) is 17.2 Å². The number of nitrogens with zero attached hydrogens (tertiary/aromatic N) is 1. The molecule has 3 amide bonds. The molecule has 3 rings (SSSR count). The fourth-order valence-corrected chi connectivity index (χ4v) is 3.06. The van der Waals surface area contributed by atoms with E-state index in [0.717, 1.165) is 17.7 Å². The monoisotopic (exact) mass is 339 g/mol. The summed E-state index contributed by atoms with van der Waals surface area (Å²) in [5, 5.41) is 2.72. The van der Waals surface area contributed by atoms with E-state index in [1.54, 1.807) is 25.3 Å². The highest BCUT2D eigenvalue weighted by atomic mass is 16.2. The maximum atomic E-state index is 12.8. The largest absolute Gasteiger partial charge is 0.359 e. The number of Topliss-reactive ketones (excluding diaryl/α,β-unsaturated/α-hetero) is 1. The average Bonchev–Trinajstić information content (AvgIpc) is 3.20. The van der Waals surface area contributed by atoms with E-state index < -0.39 is 17.5 Å². The van der Waals surface area contributed by atoms with Gasteiger partial charge in [-0.3, -0.25) is 14.5 Å². The van der Waals surface area contributed by atoms with Crippen molar-refractivity contribution in [3.63, 3.8) is 0 Å². The molecule has 0 bridgehead atoms. The summed E-state index contributed by atoms with van der Waals surface area (Å²) in [5.74, 6) is -0.725. The Kier molecular flexibility index (Phi) is 4.44. The number of aryl methyl sites for hydroxylation is 1. The Balaban J connectivity index is 1.80. The minimum atomic E-state index is -1.15. The van der Waals surface area contributed by atoms with Crippen LogP contribution in [0.3, 0.4) is 0 Å². The maximum Gasteiger partial charge on any atom is 0.325 e. The number of hydrogen-bond acceptors (Lipinski definition) is 3. The van der Waals surface area contributed by atoms with Gasteiger partial charge in [-0.15, -0.1) is 0 Å². The van der Waals surface area contributed by atoms with E-state index in [4.69, 9.17) is 0 Å². The maximum absolute atomic E-state index is 12.8. The summed E-state index contributed by atoms with van der Waals surface area (Å²) < 4.78 is 0. The Morgan fingerprint density at radius 3 is 2.48 bits per heavy atom. The zero-order chi connectivity index (χ0) is 18.0. The molecule has 25 heavy (non-hydrogen) atoms. The number of rotatable bonds is 6. The number of carbonyl (C=O) groups is 3. The first kappa shape index (κ1) is 17.0. The van der Waals surface area contributed by atoms with Gasteiger partial charge >= 0.3 is 6.03 Å². The highest BCUT2D eigenvalue weighted by molar-refractivity contribution is 6.10. The molecular formula is C19H21N3O3. The van der Waals surface area contributed by atoms with Gasteiger partial charge < -0.3 is 10.3 Å². The van der Waals surface area contributed by atoms with Crippen molar-refractivity contribution >= 4 is 17.7 Å². The SMILES string of the molecule is CCCc1ccc(C2(C)NC(=O)N(CC(=O)c3ccc[nH]3)C2=O)cc1. The minimum Gasteiger partial charge on any atom is -0.359 e. The first-order valence-corrected chi connectivity index (χ1v) is 8.36. The second-order valence-corrected chi connectivity index (χ2v) is 6.40. The van der Waals surface area contributed by atoms with Crippen molar-refractivity contribution in [2.24, 2.45) is 0 Å². The van der Waals surface area contributed by atoms with Crippen LogP contribution in [0, 0.1) is 0 Å². The van der Waals surface area contributed by atoms with Crippen molar-refractivity contribution in [1.82, 2.24) is 15.2 Å². The molecular weight excluding hydrogens is 318 g/mol. The van der Waals surface area contributed by atoms with Gasteiger partial charge in [0.15, 0.2) is 5.78 Å².